The van der Waals surface area contributed by atoms with Gasteiger partial charge >= 0.3 is 0 Å². The first-order valence-electron chi connectivity index (χ1n) is 10.4. The van der Waals surface area contributed by atoms with E-state index in [0.29, 0.717) is 36.5 Å². The minimum absolute atomic E-state index is 0.0478. The van der Waals surface area contributed by atoms with Gasteiger partial charge in [-0.05, 0) is 42.7 Å². The van der Waals surface area contributed by atoms with Gasteiger partial charge in [-0.2, -0.15) is 0 Å². The fraction of sp³-hybridized carbons (Fsp3) is 0.348. The number of hydrogen-bond acceptors (Lipinski definition) is 3. The SMILES string of the molecule is O=C(CN1CCCCCCC1=O)Nc1ccc2nc(Cc3ccccc3F)[nH]c2c1. The predicted octanol–water partition coefficient (Wildman–Crippen LogP) is 4.02. The highest BCUT2D eigenvalue weighted by Crippen LogP contribution is 2.20. The lowest BCUT2D eigenvalue weighted by atomic mass is 10.1. The summed E-state index contributed by atoms with van der Waals surface area (Å²) in [5.41, 5.74) is 2.72. The van der Waals surface area contributed by atoms with Gasteiger partial charge in [-0.1, -0.05) is 31.0 Å². The standard InChI is InChI=1S/C23H25FN4O2/c24-18-8-5-4-7-16(18)13-21-26-19-11-10-17(14-20(19)27-21)25-22(29)15-28-12-6-2-1-3-9-23(28)30/h4-5,7-8,10-11,14H,1-3,6,9,12-13,15H2,(H,25,29)(H,26,27). The van der Waals surface area contributed by atoms with E-state index < -0.39 is 0 Å². The quantitative estimate of drug-likeness (QED) is 0.669. The van der Waals surface area contributed by atoms with Crippen LogP contribution in [-0.4, -0.2) is 39.8 Å². The van der Waals surface area contributed by atoms with Crippen LogP contribution in [0.2, 0.25) is 0 Å². The summed E-state index contributed by atoms with van der Waals surface area (Å²) in [6.45, 7) is 0.698. The third kappa shape index (κ3) is 4.84. The molecule has 0 radical (unpaired) electrons. The second-order valence-corrected chi connectivity index (χ2v) is 7.71. The number of benzene rings is 2. The summed E-state index contributed by atoms with van der Waals surface area (Å²) in [6.07, 6.45) is 4.87. The normalized spacial score (nSPS) is 15.1. The molecule has 2 heterocycles. The third-order valence-electron chi connectivity index (χ3n) is 5.39. The van der Waals surface area contributed by atoms with Crippen molar-refractivity contribution in [1.82, 2.24) is 14.9 Å². The van der Waals surface area contributed by atoms with Crippen molar-refractivity contribution in [2.75, 3.05) is 18.4 Å². The first-order chi connectivity index (χ1) is 14.6. The molecule has 2 amide bonds. The highest BCUT2D eigenvalue weighted by molar-refractivity contribution is 5.96. The predicted molar refractivity (Wildman–Crippen MR) is 114 cm³/mol. The van der Waals surface area contributed by atoms with Gasteiger partial charge in [0.25, 0.3) is 0 Å². The van der Waals surface area contributed by atoms with Crippen molar-refractivity contribution in [1.29, 1.82) is 0 Å². The zero-order valence-electron chi connectivity index (χ0n) is 16.8. The van der Waals surface area contributed by atoms with E-state index in [4.69, 9.17) is 0 Å². The molecule has 2 N–H and O–H groups in total. The fourth-order valence-electron chi connectivity index (χ4n) is 3.80. The molecule has 7 heteroatoms. The summed E-state index contributed by atoms with van der Waals surface area (Å²) in [7, 11) is 0. The minimum Gasteiger partial charge on any atom is -0.342 e. The molecule has 30 heavy (non-hydrogen) atoms. The van der Waals surface area contributed by atoms with Crippen LogP contribution in [0.4, 0.5) is 10.1 Å². The lowest BCUT2D eigenvalue weighted by molar-refractivity contribution is -0.135. The Morgan fingerprint density at radius 2 is 1.97 bits per heavy atom. The molecule has 1 aliphatic heterocycles. The zero-order chi connectivity index (χ0) is 20.9. The maximum atomic E-state index is 13.9. The highest BCUT2D eigenvalue weighted by Gasteiger charge is 2.18. The van der Waals surface area contributed by atoms with E-state index in [1.807, 2.05) is 6.07 Å². The van der Waals surface area contributed by atoms with Gasteiger partial charge in [0.15, 0.2) is 0 Å². The molecule has 1 fully saturated rings. The maximum Gasteiger partial charge on any atom is 0.243 e. The number of H-pyrrole nitrogens is 1. The molecule has 156 valence electrons. The number of aromatic amines is 1. The van der Waals surface area contributed by atoms with Crippen molar-refractivity contribution in [2.24, 2.45) is 0 Å². The van der Waals surface area contributed by atoms with Gasteiger partial charge in [-0.3, -0.25) is 9.59 Å². The fourth-order valence-corrected chi connectivity index (χ4v) is 3.80. The number of fused-ring (bicyclic) bond motifs is 1. The molecule has 6 nitrogen and oxygen atoms in total. The van der Waals surface area contributed by atoms with Crippen LogP contribution < -0.4 is 5.32 Å². The van der Waals surface area contributed by atoms with Gasteiger partial charge in [-0.25, -0.2) is 9.37 Å². The summed E-state index contributed by atoms with van der Waals surface area (Å²) in [6, 6.07) is 12.0. The van der Waals surface area contributed by atoms with Crippen molar-refractivity contribution < 1.29 is 14.0 Å². The van der Waals surface area contributed by atoms with E-state index in [1.54, 1.807) is 35.2 Å². The monoisotopic (exact) mass is 408 g/mol. The first kappa shape index (κ1) is 20.1. The van der Waals surface area contributed by atoms with Crippen molar-refractivity contribution >= 4 is 28.5 Å². The van der Waals surface area contributed by atoms with E-state index in [1.165, 1.54) is 6.07 Å². The molecule has 1 saturated heterocycles. The number of likely N-dealkylation sites (tertiary alicyclic amines) is 1. The molecule has 0 aliphatic carbocycles. The number of nitrogens with zero attached hydrogens (tertiary/aromatic N) is 2. The Balaban J connectivity index is 1.42. The van der Waals surface area contributed by atoms with Gasteiger partial charge in [0, 0.05) is 25.1 Å². The Morgan fingerprint density at radius 1 is 1.13 bits per heavy atom. The van der Waals surface area contributed by atoms with Crippen molar-refractivity contribution in [3.05, 3.63) is 59.7 Å². The van der Waals surface area contributed by atoms with Crippen molar-refractivity contribution in [3.8, 4) is 0 Å². The number of hydrogen-bond donors (Lipinski definition) is 2. The second-order valence-electron chi connectivity index (χ2n) is 7.71. The van der Waals surface area contributed by atoms with Crippen LogP contribution in [0.15, 0.2) is 42.5 Å². The first-order valence-corrected chi connectivity index (χ1v) is 10.4. The number of nitrogens with one attached hydrogen (secondary N) is 2. The Kier molecular flexibility index (Phi) is 6.07. The van der Waals surface area contributed by atoms with E-state index in [9.17, 15) is 14.0 Å². The molecular formula is C23H25FN4O2. The topological polar surface area (TPSA) is 78.1 Å². The largest absolute Gasteiger partial charge is 0.342 e. The number of imidazole rings is 1. The summed E-state index contributed by atoms with van der Waals surface area (Å²) < 4.78 is 13.9. The lowest BCUT2D eigenvalue weighted by Crippen LogP contribution is -2.39. The van der Waals surface area contributed by atoms with Crippen LogP contribution in [0.5, 0.6) is 0 Å². The molecule has 1 aliphatic rings. The van der Waals surface area contributed by atoms with Gasteiger partial charge in [0.05, 0.1) is 17.6 Å². The Morgan fingerprint density at radius 3 is 2.83 bits per heavy atom. The number of amides is 2. The Hall–Kier alpha value is -3.22. The number of carbonyl (C=O) groups excluding carboxylic acids is 2. The summed E-state index contributed by atoms with van der Waals surface area (Å²) in [4.78, 5) is 34.0. The van der Waals surface area contributed by atoms with Crippen LogP contribution in [-0.2, 0) is 16.0 Å². The van der Waals surface area contributed by atoms with Crippen LogP contribution in [0.25, 0.3) is 11.0 Å². The number of halogens is 1. The molecular weight excluding hydrogens is 383 g/mol. The number of rotatable bonds is 5. The third-order valence-corrected chi connectivity index (χ3v) is 5.39. The average Bonchev–Trinajstić information content (AvgIpc) is 3.11. The van der Waals surface area contributed by atoms with Crippen molar-refractivity contribution in [3.63, 3.8) is 0 Å². The van der Waals surface area contributed by atoms with Gasteiger partial charge < -0.3 is 15.2 Å². The van der Waals surface area contributed by atoms with Crippen LogP contribution in [0.1, 0.15) is 43.5 Å². The number of aromatic nitrogens is 2. The molecule has 0 atom stereocenters. The molecule has 0 spiro atoms. The second kappa shape index (κ2) is 9.07. The number of anilines is 1. The van der Waals surface area contributed by atoms with Gasteiger partial charge in [-0.15, -0.1) is 0 Å². The van der Waals surface area contributed by atoms with Gasteiger partial charge in [0.2, 0.25) is 11.8 Å². The molecule has 3 aromatic rings. The molecule has 0 saturated carbocycles. The van der Waals surface area contributed by atoms with Crippen LogP contribution in [0.3, 0.4) is 0 Å². The average molecular weight is 408 g/mol. The molecule has 4 rings (SSSR count). The summed E-state index contributed by atoms with van der Waals surface area (Å²) in [5.74, 6) is 0.232. The van der Waals surface area contributed by atoms with Crippen LogP contribution >= 0.6 is 0 Å². The highest BCUT2D eigenvalue weighted by atomic mass is 19.1. The smallest absolute Gasteiger partial charge is 0.243 e. The summed E-state index contributed by atoms with van der Waals surface area (Å²) >= 11 is 0. The lowest BCUT2D eigenvalue weighted by Gasteiger charge is -2.24. The van der Waals surface area contributed by atoms with Gasteiger partial charge in [0.1, 0.15) is 11.6 Å². The Bertz CT molecular complexity index is 1060. The van der Waals surface area contributed by atoms with E-state index >= 15 is 0 Å². The Labute approximate surface area is 174 Å². The minimum atomic E-state index is -0.260. The van der Waals surface area contributed by atoms with Crippen molar-refractivity contribution in [2.45, 2.75) is 38.5 Å². The van der Waals surface area contributed by atoms with E-state index in [0.717, 1.165) is 36.7 Å². The zero-order valence-corrected chi connectivity index (χ0v) is 16.8. The number of carbonyl (C=O) groups is 2. The van der Waals surface area contributed by atoms with E-state index in [2.05, 4.69) is 15.3 Å². The maximum absolute atomic E-state index is 13.9. The summed E-state index contributed by atoms with van der Waals surface area (Å²) in [5, 5.41) is 2.87. The van der Waals surface area contributed by atoms with Crippen LogP contribution in [0, 0.1) is 5.82 Å². The molecule has 2 aromatic carbocycles. The molecule has 1 aromatic heterocycles. The molecule has 0 unspecified atom stereocenters. The molecule has 0 bridgehead atoms. The van der Waals surface area contributed by atoms with E-state index in [-0.39, 0.29) is 24.2 Å².